The molecule has 2 saturated heterocycles. The van der Waals surface area contributed by atoms with Crippen molar-refractivity contribution in [1.29, 1.82) is 5.41 Å². The first-order valence-corrected chi connectivity index (χ1v) is 18.0. The first-order chi connectivity index (χ1) is 21.4. The molecule has 0 bridgehead atoms. The number of nitrogens with two attached hydrogens (primary N) is 1. The molecule has 45 heavy (non-hydrogen) atoms. The number of rotatable bonds is 12. The van der Waals surface area contributed by atoms with Crippen molar-refractivity contribution >= 4 is 11.9 Å². The number of nitrogens with zero attached hydrogens (tertiary/aromatic N) is 5. The maximum absolute atomic E-state index is 11.0. The number of aliphatic hydroxyl groups excluding tert-OH is 1. The summed E-state index contributed by atoms with van der Waals surface area (Å²) in [7, 11) is 0. The molecule has 0 unspecified atom stereocenters. The molecule has 0 spiro atoms. The summed E-state index contributed by atoms with van der Waals surface area (Å²) < 4.78 is 0. The van der Waals surface area contributed by atoms with Crippen molar-refractivity contribution in [3.8, 4) is 0 Å². The van der Waals surface area contributed by atoms with Gasteiger partial charge >= 0.3 is 0 Å². The van der Waals surface area contributed by atoms with E-state index >= 15 is 0 Å². The molecular weight excluding hydrogens is 558 g/mol. The maximum atomic E-state index is 11.0. The van der Waals surface area contributed by atoms with E-state index in [-0.39, 0.29) is 12.1 Å². The zero-order valence-electron chi connectivity index (χ0n) is 29.2. The number of hydrogen-bond acceptors (Lipinski definition) is 6. The van der Waals surface area contributed by atoms with Gasteiger partial charge in [0.2, 0.25) is 0 Å². The number of aliphatic imine (C=N–C) groups is 1. The number of benzene rings is 1. The fraction of sp³-hybridized carbons (Fsp3) is 0.784. The Bertz CT molecular complexity index is 1120. The minimum absolute atomic E-state index is 0.0390. The van der Waals surface area contributed by atoms with Crippen molar-refractivity contribution in [2.45, 2.75) is 123 Å². The Morgan fingerprint density at radius 2 is 1.69 bits per heavy atom. The smallest absolute Gasteiger partial charge is 0.194 e. The lowest BCUT2D eigenvalue weighted by Crippen LogP contribution is -2.52. The fourth-order valence-electron chi connectivity index (χ4n) is 8.72. The quantitative estimate of drug-likeness (QED) is 0.295. The van der Waals surface area contributed by atoms with Crippen molar-refractivity contribution in [3.63, 3.8) is 0 Å². The van der Waals surface area contributed by atoms with Gasteiger partial charge in [-0.15, -0.1) is 0 Å². The SMILES string of the molecule is CC(C)C[C@@H]1CN=C(N)N1C[C@@H]1CCCN1C[C@@H](Cc1ccccc1)N1C[C@@H]([C@H](C)O)N(CC2CCC(C(C)(C)C)CC2)C1=N. The summed E-state index contributed by atoms with van der Waals surface area (Å²) in [6, 6.07) is 11.8. The molecule has 8 heteroatoms. The number of guanidine groups is 2. The lowest BCUT2D eigenvalue weighted by Gasteiger charge is -2.39. The molecular formula is C37H63N7O. The first-order valence-electron chi connectivity index (χ1n) is 18.0. The second-order valence-electron chi connectivity index (χ2n) is 16.3. The van der Waals surface area contributed by atoms with E-state index in [4.69, 9.17) is 5.73 Å². The summed E-state index contributed by atoms with van der Waals surface area (Å²) in [5, 5.41) is 20.5. The zero-order chi connectivity index (χ0) is 32.3. The molecule has 4 aliphatic rings. The van der Waals surface area contributed by atoms with Gasteiger partial charge in [-0.1, -0.05) is 65.0 Å². The predicted octanol–water partition coefficient (Wildman–Crippen LogP) is 5.26. The molecule has 1 aromatic carbocycles. The van der Waals surface area contributed by atoms with Gasteiger partial charge in [-0.3, -0.25) is 15.3 Å². The normalized spacial score (nSPS) is 29.6. The van der Waals surface area contributed by atoms with Gasteiger partial charge < -0.3 is 25.5 Å². The van der Waals surface area contributed by atoms with Crippen LogP contribution in [0.1, 0.15) is 92.1 Å². The highest BCUT2D eigenvalue weighted by Gasteiger charge is 2.43. The van der Waals surface area contributed by atoms with Crippen LogP contribution in [0.3, 0.4) is 0 Å². The van der Waals surface area contributed by atoms with Crippen molar-refractivity contribution in [2.75, 3.05) is 39.3 Å². The van der Waals surface area contributed by atoms with Crippen LogP contribution in [0.25, 0.3) is 0 Å². The summed E-state index contributed by atoms with van der Waals surface area (Å²) in [5.74, 6) is 3.31. The Morgan fingerprint density at radius 3 is 2.33 bits per heavy atom. The van der Waals surface area contributed by atoms with Crippen molar-refractivity contribution in [2.24, 2.45) is 33.9 Å². The lowest BCUT2D eigenvalue weighted by atomic mass is 9.70. The molecule has 1 aliphatic carbocycles. The molecule has 4 N–H and O–H groups in total. The van der Waals surface area contributed by atoms with Crippen LogP contribution in [0.5, 0.6) is 0 Å². The molecule has 3 heterocycles. The highest BCUT2D eigenvalue weighted by atomic mass is 16.3. The average molecular weight is 622 g/mol. The van der Waals surface area contributed by atoms with Crippen LogP contribution in [-0.2, 0) is 6.42 Å². The highest BCUT2D eigenvalue weighted by Crippen LogP contribution is 2.40. The lowest BCUT2D eigenvalue weighted by molar-refractivity contribution is 0.0867. The topological polar surface area (TPSA) is 95.4 Å². The van der Waals surface area contributed by atoms with Gasteiger partial charge in [0.1, 0.15) is 0 Å². The number of nitrogens with one attached hydrogen (secondary N) is 1. The summed E-state index contributed by atoms with van der Waals surface area (Å²) in [6.07, 6.45) is 8.90. The number of aliphatic hydroxyl groups is 1. The second kappa shape index (κ2) is 14.6. The molecule has 8 nitrogen and oxygen atoms in total. The van der Waals surface area contributed by atoms with Crippen LogP contribution in [0.4, 0.5) is 0 Å². The van der Waals surface area contributed by atoms with Crippen LogP contribution in [0, 0.1) is 28.6 Å². The van der Waals surface area contributed by atoms with Crippen LogP contribution in [0.15, 0.2) is 35.3 Å². The Labute approximate surface area is 273 Å². The van der Waals surface area contributed by atoms with E-state index in [0.717, 1.165) is 51.5 Å². The average Bonchev–Trinajstić information content (AvgIpc) is 3.67. The fourth-order valence-corrected chi connectivity index (χ4v) is 8.72. The molecule has 0 radical (unpaired) electrons. The van der Waals surface area contributed by atoms with Gasteiger partial charge in [-0.25, -0.2) is 0 Å². The molecule has 0 aromatic heterocycles. The Morgan fingerprint density at radius 1 is 0.978 bits per heavy atom. The van der Waals surface area contributed by atoms with Gasteiger partial charge in [0.05, 0.1) is 24.7 Å². The van der Waals surface area contributed by atoms with Gasteiger partial charge in [0, 0.05) is 38.3 Å². The summed E-state index contributed by atoms with van der Waals surface area (Å²) in [6.45, 7) is 19.0. The second-order valence-corrected chi connectivity index (χ2v) is 16.3. The monoisotopic (exact) mass is 622 g/mol. The highest BCUT2D eigenvalue weighted by molar-refractivity contribution is 5.80. The van der Waals surface area contributed by atoms with Gasteiger partial charge in [0.15, 0.2) is 11.9 Å². The maximum Gasteiger partial charge on any atom is 0.194 e. The first kappa shape index (κ1) is 34.0. The van der Waals surface area contributed by atoms with Crippen LogP contribution in [0.2, 0.25) is 0 Å². The van der Waals surface area contributed by atoms with Crippen LogP contribution >= 0.6 is 0 Å². The third-order valence-electron chi connectivity index (χ3n) is 11.5. The van der Waals surface area contributed by atoms with Gasteiger partial charge in [0.25, 0.3) is 0 Å². The number of hydrogen-bond donors (Lipinski definition) is 3. The van der Waals surface area contributed by atoms with E-state index in [2.05, 4.69) is 89.5 Å². The van der Waals surface area contributed by atoms with Crippen molar-refractivity contribution < 1.29 is 5.11 Å². The third-order valence-corrected chi connectivity index (χ3v) is 11.5. The Balaban J connectivity index is 1.31. The molecule has 3 fully saturated rings. The van der Waals surface area contributed by atoms with E-state index in [1.54, 1.807) is 0 Å². The van der Waals surface area contributed by atoms with Gasteiger partial charge in [-0.2, -0.15) is 0 Å². The molecule has 1 aromatic rings. The van der Waals surface area contributed by atoms with E-state index in [9.17, 15) is 10.5 Å². The molecule has 3 aliphatic heterocycles. The van der Waals surface area contributed by atoms with Crippen LogP contribution in [-0.4, -0.2) is 106 Å². The minimum atomic E-state index is -0.478. The van der Waals surface area contributed by atoms with E-state index in [0.29, 0.717) is 47.8 Å². The molecule has 5 atom stereocenters. The Kier molecular flexibility index (Phi) is 11.1. The summed E-state index contributed by atoms with van der Waals surface area (Å²) in [4.78, 5) is 14.3. The van der Waals surface area contributed by atoms with E-state index < -0.39 is 6.10 Å². The Hall–Kier alpha value is -2.32. The number of likely N-dealkylation sites (tertiary alicyclic amines) is 1. The minimum Gasteiger partial charge on any atom is -0.391 e. The van der Waals surface area contributed by atoms with Crippen LogP contribution < -0.4 is 5.73 Å². The molecule has 1 saturated carbocycles. The van der Waals surface area contributed by atoms with Gasteiger partial charge in [-0.05, 0) is 93.6 Å². The standard InChI is InChI=1S/C37H63N7O/c1-26(2)19-32-21-40-35(38)42(32)24-31-13-10-18-41(31)23-33(20-28-11-8-7-9-12-28)43-25-34(27(3)45)44(36(43)39)22-29-14-16-30(17-15-29)37(4,5)6/h7-9,11-12,26-27,29-34,39,45H,10,13-25H2,1-6H3,(H2,38,40)/t27-,29?,30?,31-,32+,33+,34-/m0/s1. The summed E-state index contributed by atoms with van der Waals surface area (Å²) in [5.41, 5.74) is 8.12. The molecule has 0 amide bonds. The predicted molar refractivity (Wildman–Crippen MR) is 186 cm³/mol. The zero-order valence-corrected chi connectivity index (χ0v) is 29.2. The van der Waals surface area contributed by atoms with Crippen molar-refractivity contribution in [1.82, 2.24) is 19.6 Å². The molecule has 5 rings (SSSR count). The third kappa shape index (κ3) is 8.34. The van der Waals surface area contributed by atoms with Crippen molar-refractivity contribution in [3.05, 3.63) is 35.9 Å². The van der Waals surface area contributed by atoms with E-state index in [1.807, 2.05) is 6.92 Å². The van der Waals surface area contributed by atoms with E-state index in [1.165, 1.54) is 44.1 Å². The summed E-state index contributed by atoms with van der Waals surface area (Å²) >= 11 is 0. The molecule has 252 valence electrons. The largest absolute Gasteiger partial charge is 0.391 e.